The Balaban J connectivity index is 1.70. The van der Waals surface area contributed by atoms with E-state index in [1.54, 1.807) is 24.3 Å². The Morgan fingerprint density at radius 2 is 1.59 bits per heavy atom. The highest BCUT2D eigenvalue weighted by molar-refractivity contribution is 6.46. The Hall–Kier alpha value is -4.10. The third-order valence-corrected chi connectivity index (χ3v) is 6.41. The van der Waals surface area contributed by atoms with Gasteiger partial charge >= 0.3 is 0 Å². The van der Waals surface area contributed by atoms with Gasteiger partial charge in [0, 0.05) is 13.7 Å². The number of rotatable bonds is 9. The third kappa shape index (κ3) is 5.52. The van der Waals surface area contributed by atoms with Crippen LogP contribution in [0.1, 0.15) is 33.9 Å². The number of hydrogen-bond donors (Lipinski definition) is 1. The van der Waals surface area contributed by atoms with Crippen molar-refractivity contribution >= 4 is 17.4 Å². The zero-order valence-electron chi connectivity index (χ0n) is 21.5. The van der Waals surface area contributed by atoms with Crippen LogP contribution in [0.3, 0.4) is 0 Å². The summed E-state index contributed by atoms with van der Waals surface area (Å²) in [6.45, 7) is 4.76. The van der Waals surface area contributed by atoms with Crippen molar-refractivity contribution in [3.63, 3.8) is 0 Å². The molecule has 1 aliphatic heterocycles. The van der Waals surface area contributed by atoms with Gasteiger partial charge < -0.3 is 24.2 Å². The molecule has 3 aromatic rings. The first kappa shape index (κ1) is 26.0. The van der Waals surface area contributed by atoms with Crippen LogP contribution in [0.15, 0.2) is 72.3 Å². The molecule has 1 aliphatic rings. The maximum absolute atomic E-state index is 13.2. The highest BCUT2D eigenvalue weighted by atomic mass is 16.5. The van der Waals surface area contributed by atoms with E-state index in [0.717, 1.165) is 11.1 Å². The third-order valence-electron chi connectivity index (χ3n) is 6.41. The summed E-state index contributed by atoms with van der Waals surface area (Å²) in [6.07, 6.45) is 0. The van der Waals surface area contributed by atoms with Crippen LogP contribution in [0.4, 0.5) is 0 Å². The summed E-state index contributed by atoms with van der Waals surface area (Å²) in [5.74, 6) is -0.649. The molecule has 1 N–H and O–H groups in total. The summed E-state index contributed by atoms with van der Waals surface area (Å²) in [5, 5.41) is 11.3. The second-order valence-corrected chi connectivity index (χ2v) is 9.03. The molecule has 1 amide bonds. The summed E-state index contributed by atoms with van der Waals surface area (Å²) < 4.78 is 16.5. The molecule has 7 nitrogen and oxygen atoms in total. The van der Waals surface area contributed by atoms with E-state index in [4.69, 9.17) is 14.2 Å². The molecule has 1 atom stereocenters. The minimum atomic E-state index is -0.786. The number of aryl methyl sites for hydroxylation is 2. The number of ether oxygens (including phenoxy) is 3. The number of aliphatic hydroxyl groups excluding tert-OH is 1. The van der Waals surface area contributed by atoms with Crippen LogP contribution in [0.25, 0.3) is 5.76 Å². The molecule has 1 unspecified atom stereocenters. The van der Waals surface area contributed by atoms with Gasteiger partial charge in [-0.2, -0.15) is 0 Å². The number of likely N-dealkylation sites (tertiary alicyclic amines) is 1. The molecule has 0 spiro atoms. The van der Waals surface area contributed by atoms with E-state index < -0.39 is 17.7 Å². The zero-order chi connectivity index (χ0) is 26.5. The molecule has 0 radical (unpaired) electrons. The predicted octanol–water partition coefficient (Wildman–Crippen LogP) is 4.96. The van der Waals surface area contributed by atoms with Crippen LogP contribution >= 0.6 is 0 Å². The molecule has 3 aromatic carbocycles. The van der Waals surface area contributed by atoms with Crippen molar-refractivity contribution in [2.45, 2.75) is 26.5 Å². The minimum absolute atomic E-state index is 0.0123. The molecule has 7 heteroatoms. The fourth-order valence-corrected chi connectivity index (χ4v) is 4.40. The van der Waals surface area contributed by atoms with Crippen molar-refractivity contribution in [3.05, 3.63) is 100 Å². The molecule has 1 heterocycles. The van der Waals surface area contributed by atoms with Crippen molar-refractivity contribution in [2.75, 3.05) is 27.4 Å². The molecule has 0 bridgehead atoms. The molecular formula is C30H31NO6. The number of carbonyl (C=O) groups excluding carboxylic acids is 2. The average molecular weight is 502 g/mol. The van der Waals surface area contributed by atoms with Gasteiger partial charge in [-0.1, -0.05) is 53.6 Å². The van der Waals surface area contributed by atoms with E-state index in [-0.39, 0.29) is 24.5 Å². The van der Waals surface area contributed by atoms with Gasteiger partial charge in [-0.05, 0) is 49.2 Å². The van der Waals surface area contributed by atoms with Gasteiger partial charge in [-0.15, -0.1) is 0 Å². The van der Waals surface area contributed by atoms with Crippen molar-refractivity contribution in [3.8, 4) is 11.5 Å². The van der Waals surface area contributed by atoms with Gasteiger partial charge in [0.15, 0.2) is 0 Å². The second-order valence-electron chi connectivity index (χ2n) is 9.03. The van der Waals surface area contributed by atoms with Gasteiger partial charge in [0.2, 0.25) is 0 Å². The fourth-order valence-electron chi connectivity index (χ4n) is 4.40. The predicted molar refractivity (Wildman–Crippen MR) is 141 cm³/mol. The highest BCUT2D eigenvalue weighted by Gasteiger charge is 2.46. The first-order valence-corrected chi connectivity index (χ1v) is 12.0. The normalized spacial score (nSPS) is 16.8. The molecule has 0 aliphatic carbocycles. The lowest BCUT2D eigenvalue weighted by molar-refractivity contribution is -0.140. The molecule has 37 heavy (non-hydrogen) atoms. The first-order valence-electron chi connectivity index (χ1n) is 12.0. The van der Waals surface area contributed by atoms with Crippen LogP contribution in [0, 0.1) is 13.8 Å². The SMILES string of the molecule is COCCN1C(=O)C(=O)/C(=C(/O)c2cc(C)ccc2OC)C1c1ccc(OCc2ccc(C)cc2)cc1. The summed E-state index contributed by atoms with van der Waals surface area (Å²) in [6, 6.07) is 19.8. The second kappa shape index (κ2) is 11.3. The van der Waals surface area contributed by atoms with Crippen LogP contribution in [-0.2, 0) is 20.9 Å². The summed E-state index contributed by atoms with van der Waals surface area (Å²) >= 11 is 0. The maximum Gasteiger partial charge on any atom is 0.295 e. The van der Waals surface area contributed by atoms with E-state index in [1.807, 2.05) is 56.3 Å². The van der Waals surface area contributed by atoms with Crippen LogP contribution in [0.2, 0.25) is 0 Å². The van der Waals surface area contributed by atoms with Crippen molar-refractivity contribution in [2.24, 2.45) is 0 Å². The van der Waals surface area contributed by atoms with E-state index in [0.29, 0.717) is 29.2 Å². The quantitative estimate of drug-likeness (QED) is 0.253. The number of amides is 1. The molecule has 4 rings (SSSR count). The molecular weight excluding hydrogens is 470 g/mol. The number of hydrogen-bond acceptors (Lipinski definition) is 6. The standard InChI is InChI=1S/C30H31NO6/c1-19-5-8-21(9-6-19)18-37-23-12-10-22(11-13-23)27-26(29(33)30(34)31(27)15-16-35-3)28(32)24-17-20(2)7-14-25(24)36-4/h5-14,17,27,32H,15-16,18H2,1-4H3/b28-26+. The summed E-state index contributed by atoms with van der Waals surface area (Å²) in [5.41, 5.74) is 4.15. The van der Waals surface area contributed by atoms with E-state index >= 15 is 0 Å². The Labute approximate surface area is 216 Å². The Morgan fingerprint density at radius 3 is 2.24 bits per heavy atom. The van der Waals surface area contributed by atoms with Crippen molar-refractivity contribution in [1.82, 2.24) is 4.90 Å². The number of benzene rings is 3. The first-order chi connectivity index (χ1) is 17.8. The molecule has 1 saturated heterocycles. The van der Waals surface area contributed by atoms with Crippen LogP contribution in [-0.4, -0.2) is 49.1 Å². The van der Waals surface area contributed by atoms with Crippen molar-refractivity contribution < 1.29 is 28.9 Å². The lowest BCUT2D eigenvalue weighted by Gasteiger charge is -2.25. The number of Topliss-reactive ketones (excluding diaryl/α,β-unsaturated/α-hetero) is 1. The Morgan fingerprint density at radius 1 is 0.919 bits per heavy atom. The fraction of sp³-hybridized carbons (Fsp3) is 0.267. The van der Waals surface area contributed by atoms with Crippen molar-refractivity contribution in [1.29, 1.82) is 0 Å². The largest absolute Gasteiger partial charge is 0.507 e. The van der Waals surface area contributed by atoms with Crippen LogP contribution in [0.5, 0.6) is 11.5 Å². The van der Waals surface area contributed by atoms with E-state index in [2.05, 4.69) is 0 Å². The minimum Gasteiger partial charge on any atom is -0.507 e. The van der Waals surface area contributed by atoms with Gasteiger partial charge in [-0.3, -0.25) is 9.59 Å². The van der Waals surface area contributed by atoms with Gasteiger partial charge in [0.05, 0.1) is 30.9 Å². The van der Waals surface area contributed by atoms with Gasteiger partial charge in [0.1, 0.15) is 23.9 Å². The van der Waals surface area contributed by atoms with E-state index in [9.17, 15) is 14.7 Å². The number of aliphatic hydroxyl groups is 1. The molecule has 0 aromatic heterocycles. The monoisotopic (exact) mass is 501 g/mol. The molecule has 192 valence electrons. The highest BCUT2D eigenvalue weighted by Crippen LogP contribution is 2.41. The molecule has 1 fully saturated rings. The average Bonchev–Trinajstić information content (AvgIpc) is 3.16. The van der Waals surface area contributed by atoms with E-state index in [1.165, 1.54) is 24.7 Å². The summed E-state index contributed by atoms with van der Waals surface area (Å²) in [4.78, 5) is 27.7. The Kier molecular flexibility index (Phi) is 7.94. The lowest BCUT2D eigenvalue weighted by Crippen LogP contribution is -2.32. The van der Waals surface area contributed by atoms with Gasteiger partial charge in [0.25, 0.3) is 11.7 Å². The number of methoxy groups -OCH3 is 2. The summed E-state index contributed by atoms with van der Waals surface area (Å²) in [7, 11) is 3.02. The van der Waals surface area contributed by atoms with Crippen LogP contribution < -0.4 is 9.47 Å². The zero-order valence-corrected chi connectivity index (χ0v) is 21.5. The van der Waals surface area contributed by atoms with Gasteiger partial charge in [-0.25, -0.2) is 0 Å². The number of ketones is 1. The topological polar surface area (TPSA) is 85.3 Å². The maximum atomic E-state index is 13.2. The number of carbonyl (C=O) groups is 2. The molecule has 0 saturated carbocycles. The smallest absolute Gasteiger partial charge is 0.295 e. The Bertz CT molecular complexity index is 1310. The number of nitrogens with zero attached hydrogens (tertiary/aromatic N) is 1. The lowest BCUT2D eigenvalue weighted by atomic mass is 9.94.